The molecule has 2 aliphatic rings. The van der Waals surface area contributed by atoms with Crippen LogP contribution in [0, 0.1) is 0 Å². The highest BCUT2D eigenvalue weighted by Gasteiger charge is 2.39. The molecule has 1 aromatic heterocycles. The first-order valence-corrected chi connectivity index (χ1v) is 10.3. The molecule has 160 valence electrons. The monoisotopic (exact) mass is 412 g/mol. The van der Waals surface area contributed by atoms with E-state index in [0.29, 0.717) is 29.7 Å². The number of carbonyl (C=O) groups excluding carboxylic acids is 1. The summed E-state index contributed by atoms with van der Waals surface area (Å²) in [6.07, 6.45) is 6.13. The minimum atomic E-state index is -0.0567. The van der Waals surface area contributed by atoms with Crippen LogP contribution in [-0.2, 0) is 0 Å². The van der Waals surface area contributed by atoms with Gasteiger partial charge >= 0.3 is 6.03 Å². The second kappa shape index (κ2) is 8.25. The number of hydrazine groups is 1. The molecule has 4 rings (SSSR count). The highest BCUT2D eigenvalue weighted by molar-refractivity contribution is 5.98. The molecule has 1 fully saturated rings. The lowest BCUT2D eigenvalue weighted by Crippen LogP contribution is -2.59. The van der Waals surface area contributed by atoms with Crippen molar-refractivity contribution in [1.82, 2.24) is 15.0 Å². The number of nitrogens with one attached hydrogen (secondary N) is 1. The summed E-state index contributed by atoms with van der Waals surface area (Å²) in [7, 11) is 4.98. The van der Waals surface area contributed by atoms with Gasteiger partial charge in [-0.25, -0.2) is 14.8 Å². The molecular formula is C21H28N6O3. The van der Waals surface area contributed by atoms with E-state index in [9.17, 15) is 4.79 Å². The van der Waals surface area contributed by atoms with Gasteiger partial charge in [0.1, 0.15) is 17.2 Å². The second-order valence-electron chi connectivity index (χ2n) is 7.47. The molecule has 1 saturated carbocycles. The zero-order chi connectivity index (χ0) is 21.3. The maximum Gasteiger partial charge on any atom is 0.343 e. The van der Waals surface area contributed by atoms with E-state index in [2.05, 4.69) is 15.3 Å². The average Bonchev–Trinajstić information content (AvgIpc) is 3.30. The molecular weight excluding hydrogens is 384 g/mol. The zero-order valence-corrected chi connectivity index (χ0v) is 17.9. The van der Waals surface area contributed by atoms with Gasteiger partial charge in [-0.3, -0.25) is 9.91 Å². The molecule has 1 N–H and O–H groups in total. The molecule has 0 radical (unpaired) electrons. The van der Waals surface area contributed by atoms with E-state index < -0.39 is 0 Å². The molecule has 0 atom stereocenters. The van der Waals surface area contributed by atoms with Gasteiger partial charge < -0.3 is 14.8 Å². The van der Waals surface area contributed by atoms with E-state index in [-0.39, 0.29) is 12.1 Å². The van der Waals surface area contributed by atoms with Crippen LogP contribution in [-0.4, -0.2) is 54.9 Å². The molecule has 1 aliphatic heterocycles. The van der Waals surface area contributed by atoms with Gasteiger partial charge in [-0.15, -0.1) is 0 Å². The maximum atomic E-state index is 12.9. The van der Waals surface area contributed by atoms with Crippen LogP contribution in [0.2, 0.25) is 0 Å². The molecule has 0 spiro atoms. The Morgan fingerprint density at radius 3 is 2.40 bits per heavy atom. The van der Waals surface area contributed by atoms with Crippen molar-refractivity contribution in [2.75, 3.05) is 43.0 Å². The molecule has 0 unspecified atom stereocenters. The number of nitrogens with zero attached hydrogens (tertiary/aromatic N) is 5. The largest absolute Gasteiger partial charge is 0.497 e. The Morgan fingerprint density at radius 2 is 1.80 bits per heavy atom. The Labute approximate surface area is 176 Å². The summed E-state index contributed by atoms with van der Waals surface area (Å²) in [6, 6.07) is 5.72. The van der Waals surface area contributed by atoms with Crippen molar-refractivity contribution >= 4 is 29.2 Å². The Kier molecular flexibility index (Phi) is 5.52. The first-order valence-electron chi connectivity index (χ1n) is 10.3. The summed E-state index contributed by atoms with van der Waals surface area (Å²) in [5.41, 5.74) is 1.47. The molecule has 0 bridgehead atoms. The number of benzene rings is 1. The average molecular weight is 412 g/mol. The lowest BCUT2D eigenvalue weighted by atomic mass is 10.2. The number of amides is 2. The number of methoxy groups -OCH3 is 2. The SMILES string of the molecule is CCN1C(=O)N(C)c2cnc(Nc3cc(OC)cc(OC)c3)nc2N1C1CCCC1. The van der Waals surface area contributed by atoms with Gasteiger partial charge in [0.05, 0.1) is 26.5 Å². The van der Waals surface area contributed by atoms with Gasteiger partial charge in [-0.05, 0) is 19.8 Å². The fourth-order valence-electron chi connectivity index (χ4n) is 4.13. The summed E-state index contributed by atoms with van der Waals surface area (Å²) in [5, 5.41) is 7.10. The van der Waals surface area contributed by atoms with Crippen molar-refractivity contribution in [3.63, 3.8) is 0 Å². The molecule has 2 heterocycles. The summed E-state index contributed by atoms with van der Waals surface area (Å²) < 4.78 is 10.7. The fraction of sp³-hybridized carbons (Fsp3) is 0.476. The Balaban J connectivity index is 1.72. The number of fused-ring (bicyclic) bond motifs is 1. The topological polar surface area (TPSA) is 83.1 Å². The number of hydrogen-bond donors (Lipinski definition) is 1. The van der Waals surface area contributed by atoms with Crippen LogP contribution in [0.1, 0.15) is 32.6 Å². The molecule has 2 amide bonds. The summed E-state index contributed by atoms with van der Waals surface area (Å²) in [6.45, 7) is 2.57. The number of hydrogen-bond acceptors (Lipinski definition) is 7. The summed E-state index contributed by atoms with van der Waals surface area (Å²) in [4.78, 5) is 23.8. The molecule has 1 aliphatic carbocycles. The number of rotatable bonds is 6. The van der Waals surface area contributed by atoms with E-state index in [1.165, 1.54) is 0 Å². The van der Waals surface area contributed by atoms with E-state index >= 15 is 0 Å². The summed E-state index contributed by atoms with van der Waals surface area (Å²) in [5.74, 6) is 2.54. The molecule has 9 nitrogen and oxygen atoms in total. The minimum absolute atomic E-state index is 0.0567. The van der Waals surface area contributed by atoms with E-state index in [1.54, 1.807) is 43.4 Å². The minimum Gasteiger partial charge on any atom is -0.497 e. The first kappa shape index (κ1) is 20.1. The van der Waals surface area contributed by atoms with Crippen LogP contribution in [0.25, 0.3) is 0 Å². The fourth-order valence-corrected chi connectivity index (χ4v) is 4.13. The highest BCUT2D eigenvalue weighted by Crippen LogP contribution is 2.39. The smallest absolute Gasteiger partial charge is 0.343 e. The number of ether oxygens (including phenoxy) is 2. The van der Waals surface area contributed by atoms with Crippen LogP contribution in [0.3, 0.4) is 0 Å². The Bertz CT molecular complexity index is 909. The van der Waals surface area contributed by atoms with E-state index in [0.717, 1.165) is 37.2 Å². The van der Waals surface area contributed by atoms with E-state index in [1.807, 2.05) is 19.1 Å². The van der Waals surface area contributed by atoms with Crippen molar-refractivity contribution in [3.05, 3.63) is 24.4 Å². The van der Waals surface area contributed by atoms with Gasteiger partial charge in [0.2, 0.25) is 5.95 Å². The zero-order valence-electron chi connectivity index (χ0n) is 17.9. The highest BCUT2D eigenvalue weighted by atomic mass is 16.5. The van der Waals surface area contributed by atoms with Gasteiger partial charge in [-0.2, -0.15) is 4.98 Å². The van der Waals surface area contributed by atoms with E-state index in [4.69, 9.17) is 14.5 Å². The quantitative estimate of drug-likeness (QED) is 0.773. The normalized spacial score (nSPS) is 16.7. The third-order valence-electron chi connectivity index (χ3n) is 5.67. The Hall–Kier alpha value is -3.23. The standard InChI is InChI=1S/C21H28N6O3/c1-5-26-21(28)25(2)18-13-22-20(24-19(18)27(26)15-8-6-7-9-15)23-14-10-16(29-3)12-17(11-14)30-4/h10-13,15H,5-9H2,1-4H3,(H,22,23,24). The lowest BCUT2D eigenvalue weighted by Gasteiger charge is -2.45. The lowest BCUT2D eigenvalue weighted by molar-refractivity contribution is 0.191. The van der Waals surface area contributed by atoms with Crippen molar-refractivity contribution in [2.24, 2.45) is 0 Å². The van der Waals surface area contributed by atoms with Crippen LogP contribution in [0.5, 0.6) is 11.5 Å². The van der Waals surface area contributed by atoms with Crippen molar-refractivity contribution < 1.29 is 14.3 Å². The van der Waals surface area contributed by atoms with Gasteiger partial charge in [-0.1, -0.05) is 12.8 Å². The molecule has 0 saturated heterocycles. The van der Waals surface area contributed by atoms with Crippen LogP contribution >= 0.6 is 0 Å². The van der Waals surface area contributed by atoms with Crippen molar-refractivity contribution in [1.29, 1.82) is 0 Å². The third-order valence-corrected chi connectivity index (χ3v) is 5.67. The second-order valence-corrected chi connectivity index (χ2v) is 7.47. The van der Waals surface area contributed by atoms with Crippen molar-refractivity contribution in [2.45, 2.75) is 38.6 Å². The van der Waals surface area contributed by atoms with Gasteiger partial charge in [0.15, 0.2) is 5.82 Å². The van der Waals surface area contributed by atoms with Gasteiger partial charge in [0.25, 0.3) is 0 Å². The molecule has 9 heteroatoms. The Morgan fingerprint density at radius 1 is 1.13 bits per heavy atom. The summed E-state index contributed by atoms with van der Waals surface area (Å²) >= 11 is 0. The predicted molar refractivity (Wildman–Crippen MR) is 116 cm³/mol. The predicted octanol–water partition coefficient (Wildman–Crippen LogP) is 3.79. The van der Waals surface area contributed by atoms with Crippen LogP contribution < -0.4 is 24.7 Å². The molecule has 2 aromatic rings. The van der Waals surface area contributed by atoms with Gasteiger partial charge in [0, 0.05) is 37.5 Å². The molecule has 1 aromatic carbocycles. The number of urea groups is 1. The van der Waals surface area contributed by atoms with Crippen LogP contribution in [0.15, 0.2) is 24.4 Å². The number of aromatic nitrogens is 2. The number of anilines is 4. The molecule has 30 heavy (non-hydrogen) atoms. The first-order chi connectivity index (χ1) is 14.5. The van der Waals surface area contributed by atoms with Crippen LogP contribution in [0.4, 0.5) is 27.9 Å². The number of carbonyl (C=O) groups is 1. The maximum absolute atomic E-state index is 12.9. The van der Waals surface area contributed by atoms with Crippen molar-refractivity contribution in [3.8, 4) is 11.5 Å². The third kappa shape index (κ3) is 3.55.